The molecule has 0 spiro atoms. The van der Waals surface area contributed by atoms with Gasteiger partial charge in [0, 0.05) is 18.9 Å². The Hall–Kier alpha value is -1.64. The van der Waals surface area contributed by atoms with E-state index in [1.807, 2.05) is 20.8 Å². The van der Waals surface area contributed by atoms with E-state index < -0.39 is 0 Å². The van der Waals surface area contributed by atoms with Crippen molar-refractivity contribution >= 4 is 11.7 Å². The van der Waals surface area contributed by atoms with Gasteiger partial charge in [0.2, 0.25) is 5.91 Å². The molecule has 3 heteroatoms. The Bertz CT molecular complexity index is 465. The number of hydrogen-bond donors (Lipinski definition) is 1. The second kappa shape index (κ2) is 13.8. The van der Waals surface area contributed by atoms with Gasteiger partial charge < -0.3 is 5.32 Å². The third-order valence-corrected chi connectivity index (χ3v) is 4.07. The lowest BCUT2D eigenvalue weighted by atomic mass is 10.0. The van der Waals surface area contributed by atoms with Crippen molar-refractivity contribution in [1.82, 2.24) is 5.32 Å². The van der Waals surface area contributed by atoms with Crippen molar-refractivity contribution in [1.29, 1.82) is 0 Å². The topological polar surface area (TPSA) is 46.2 Å². The molecular formula is C21H35NO2. The highest BCUT2D eigenvalue weighted by Gasteiger charge is 2.06. The summed E-state index contributed by atoms with van der Waals surface area (Å²) in [7, 11) is 0. The van der Waals surface area contributed by atoms with E-state index in [-0.39, 0.29) is 17.6 Å². The second-order valence-electron chi connectivity index (χ2n) is 6.20. The lowest BCUT2D eigenvalue weighted by Gasteiger charge is -2.08. The van der Waals surface area contributed by atoms with Crippen LogP contribution in [0.5, 0.6) is 0 Å². The number of ketones is 1. The van der Waals surface area contributed by atoms with E-state index in [2.05, 4.69) is 36.5 Å². The zero-order chi connectivity index (χ0) is 18.4. The number of aryl methyl sites for hydroxylation is 2. The van der Waals surface area contributed by atoms with Crippen LogP contribution in [0.4, 0.5) is 0 Å². The number of carbonyl (C=O) groups excluding carboxylic acids is 2. The summed E-state index contributed by atoms with van der Waals surface area (Å²) in [5.74, 6) is 0.525. The van der Waals surface area contributed by atoms with Crippen LogP contribution in [0.1, 0.15) is 70.9 Å². The Morgan fingerprint density at radius 1 is 1.04 bits per heavy atom. The Morgan fingerprint density at radius 3 is 2.25 bits per heavy atom. The molecule has 0 aliphatic carbocycles. The molecule has 3 nitrogen and oxygen atoms in total. The fraction of sp³-hybridized carbons (Fsp3) is 0.619. The van der Waals surface area contributed by atoms with Crippen molar-refractivity contribution in [3.8, 4) is 0 Å². The first kappa shape index (κ1) is 22.4. The Labute approximate surface area is 148 Å². The SMILES string of the molecule is CC.CC(=O)C(C)CCCCNC(=O)CCCc1ccc(C)cc1. The summed E-state index contributed by atoms with van der Waals surface area (Å²) in [6, 6.07) is 8.47. The van der Waals surface area contributed by atoms with E-state index in [1.54, 1.807) is 6.92 Å². The summed E-state index contributed by atoms with van der Waals surface area (Å²) < 4.78 is 0. The number of nitrogens with one attached hydrogen (secondary N) is 1. The fourth-order valence-corrected chi connectivity index (χ4v) is 2.30. The number of rotatable bonds is 10. The molecule has 0 aliphatic heterocycles. The number of benzene rings is 1. The van der Waals surface area contributed by atoms with E-state index in [4.69, 9.17) is 0 Å². The summed E-state index contributed by atoms with van der Waals surface area (Å²) in [5, 5.41) is 2.96. The molecule has 0 fully saturated rings. The molecule has 0 saturated carbocycles. The van der Waals surface area contributed by atoms with Crippen molar-refractivity contribution in [3.05, 3.63) is 35.4 Å². The molecule has 1 N–H and O–H groups in total. The van der Waals surface area contributed by atoms with Gasteiger partial charge in [-0.25, -0.2) is 0 Å². The minimum absolute atomic E-state index is 0.131. The highest BCUT2D eigenvalue weighted by molar-refractivity contribution is 5.77. The van der Waals surface area contributed by atoms with Crippen molar-refractivity contribution in [2.24, 2.45) is 5.92 Å². The fourth-order valence-electron chi connectivity index (χ4n) is 2.30. The van der Waals surface area contributed by atoms with Crippen LogP contribution in [0.2, 0.25) is 0 Å². The van der Waals surface area contributed by atoms with Gasteiger partial charge in [0.25, 0.3) is 0 Å². The van der Waals surface area contributed by atoms with Crippen molar-refractivity contribution in [2.75, 3.05) is 6.54 Å². The molecule has 24 heavy (non-hydrogen) atoms. The summed E-state index contributed by atoms with van der Waals surface area (Å²) in [4.78, 5) is 22.8. The van der Waals surface area contributed by atoms with Crippen LogP contribution in [0.15, 0.2) is 24.3 Å². The van der Waals surface area contributed by atoms with Crippen LogP contribution >= 0.6 is 0 Å². The van der Waals surface area contributed by atoms with E-state index in [1.165, 1.54) is 11.1 Å². The minimum atomic E-state index is 0.131. The van der Waals surface area contributed by atoms with Gasteiger partial charge in [-0.3, -0.25) is 9.59 Å². The van der Waals surface area contributed by atoms with E-state index >= 15 is 0 Å². The average Bonchev–Trinajstić information content (AvgIpc) is 2.58. The van der Waals surface area contributed by atoms with Gasteiger partial charge >= 0.3 is 0 Å². The van der Waals surface area contributed by atoms with Crippen LogP contribution in [0.25, 0.3) is 0 Å². The summed E-state index contributed by atoms with van der Waals surface area (Å²) in [5.41, 5.74) is 2.55. The number of hydrogen-bond acceptors (Lipinski definition) is 2. The number of amides is 1. The molecule has 0 saturated heterocycles. The largest absolute Gasteiger partial charge is 0.356 e. The molecule has 1 atom stereocenters. The third-order valence-electron chi connectivity index (χ3n) is 4.07. The van der Waals surface area contributed by atoms with Crippen LogP contribution in [0.3, 0.4) is 0 Å². The summed E-state index contributed by atoms with van der Waals surface area (Å²) >= 11 is 0. The number of carbonyl (C=O) groups is 2. The molecular weight excluding hydrogens is 298 g/mol. The highest BCUT2D eigenvalue weighted by atomic mass is 16.1. The molecule has 1 amide bonds. The van der Waals surface area contributed by atoms with Gasteiger partial charge in [0.15, 0.2) is 0 Å². The number of unbranched alkanes of at least 4 members (excludes halogenated alkanes) is 1. The second-order valence-corrected chi connectivity index (χ2v) is 6.20. The lowest BCUT2D eigenvalue weighted by Crippen LogP contribution is -2.24. The monoisotopic (exact) mass is 333 g/mol. The van der Waals surface area contributed by atoms with Gasteiger partial charge in [-0.1, -0.05) is 57.0 Å². The molecule has 136 valence electrons. The summed E-state index contributed by atoms with van der Waals surface area (Å²) in [6.07, 6.45) is 5.27. The zero-order valence-corrected chi connectivity index (χ0v) is 16.2. The molecule has 0 aromatic heterocycles. The normalized spacial score (nSPS) is 11.2. The van der Waals surface area contributed by atoms with E-state index in [0.29, 0.717) is 13.0 Å². The van der Waals surface area contributed by atoms with Crippen LogP contribution in [-0.2, 0) is 16.0 Å². The zero-order valence-electron chi connectivity index (χ0n) is 16.2. The average molecular weight is 334 g/mol. The first-order valence-corrected chi connectivity index (χ1v) is 9.31. The molecule has 1 rings (SSSR count). The molecule has 1 aromatic carbocycles. The standard InChI is InChI=1S/C19H29NO2.C2H6/c1-15-10-12-18(13-11-15)8-6-9-19(22)20-14-5-4-7-16(2)17(3)21;1-2/h10-13,16H,4-9,14H2,1-3H3,(H,20,22);1-2H3. The van der Waals surface area contributed by atoms with Crippen molar-refractivity contribution in [2.45, 2.75) is 73.1 Å². The highest BCUT2D eigenvalue weighted by Crippen LogP contribution is 2.09. The van der Waals surface area contributed by atoms with Crippen LogP contribution in [-0.4, -0.2) is 18.2 Å². The van der Waals surface area contributed by atoms with Gasteiger partial charge in [-0.05, 0) is 45.1 Å². The molecule has 1 unspecified atom stereocenters. The Kier molecular flexibility index (Phi) is 12.8. The maximum absolute atomic E-state index is 11.7. The molecule has 0 radical (unpaired) electrons. The van der Waals surface area contributed by atoms with E-state index in [9.17, 15) is 9.59 Å². The van der Waals surface area contributed by atoms with Crippen molar-refractivity contribution in [3.63, 3.8) is 0 Å². The first-order valence-electron chi connectivity index (χ1n) is 9.31. The lowest BCUT2D eigenvalue weighted by molar-refractivity contribution is -0.121. The Balaban J connectivity index is 0.00000254. The summed E-state index contributed by atoms with van der Waals surface area (Å²) in [6.45, 7) is 10.4. The van der Waals surface area contributed by atoms with E-state index in [0.717, 1.165) is 32.1 Å². The molecule has 0 aliphatic rings. The van der Waals surface area contributed by atoms with Crippen LogP contribution < -0.4 is 5.32 Å². The molecule has 0 heterocycles. The van der Waals surface area contributed by atoms with Crippen molar-refractivity contribution < 1.29 is 9.59 Å². The third kappa shape index (κ3) is 11.0. The first-order chi connectivity index (χ1) is 11.5. The Morgan fingerprint density at radius 2 is 1.67 bits per heavy atom. The molecule has 0 bridgehead atoms. The van der Waals surface area contributed by atoms with Gasteiger partial charge in [-0.2, -0.15) is 0 Å². The maximum atomic E-state index is 11.7. The van der Waals surface area contributed by atoms with Gasteiger partial charge in [-0.15, -0.1) is 0 Å². The minimum Gasteiger partial charge on any atom is -0.356 e. The molecule has 1 aromatic rings. The predicted octanol–water partition coefficient (Wildman–Crippen LogP) is 4.86. The van der Waals surface area contributed by atoms with Gasteiger partial charge in [0.05, 0.1) is 0 Å². The quantitative estimate of drug-likeness (QED) is 0.622. The predicted molar refractivity (Wildman–Crippen MR) is 102 cm³/mol. The number of Topliss-reactive ketones (excluding diaryl/α,β-unsaturated/α-hetero) is 1. The smallest absolute Gasteiger partial charge is 0.220 e. The van der Waals surface area contributed by atoms with Crippen LogP contribution in [0, 0.1) is 12.8 Å². The van der Waals surface area contributed by atoms with Gasteiger partial charge in [0.1, 0.15) is 5.78 Å². The maximum Gasteiger partial charge on any atom is 0.220 e.